The van der Waals surface area contributed by atoms with Gasteiger partial charge in [0, 0.05) is 11.9 Å². The fourth-order valence-electron chi connectivity index (χ4n) is 4.50. The van der Waals surface area contributed by atoms with Crippen LogP contribution in [0.1, 0.15) is 59.6 Å². The van der Waals surface area contributed by atoms with E-state index in [4.69, 9.17) is 27.7 Å². The van der Waals surface area contributed by atoms with Gasteiger partial charge in [-0.25, -0.2) is 0 Å². The number of unbranched alkanes of at least 4 members (excludes halogenated alkanes) is 1. The second kappa shape index (κ2) is 18.8. The van der Waals surface area contributed by atoms with Crippen molar-refractivity contribution in [3.05, 3.63) is 88.1 Å². The molecule has 0 saturated carbocycles. The number of primary amides is 1. The molecule has 3 aromatic rings. The minimum Gasteiger partial charge on any atom is -0.489 e. The number of benzene rings is 2. The lowest BCUT2D eigenvalue weighted by atomic mass is 10.0. The molecule has 0 aliphatic heterocycles. The van der Waals surface area contributed by atoms with Crippen molar-refractivity contribution in [1.29, 1.82) is 0 Å². The van der Waals surface area contributed by atoms with Crippen LogP contribution < -0.4 is 43.6 Å². The van der Waals surface area contributed by atoms with Crippen molar-refractivity contribution in [2.75, 3.05) is 13.1 Å². The van der Waals surface area contributed by atoms with Gasteiger partial charge in [-0.1, -0.05) is 42.5 Å². The van der Waals surface area contributed by atoms with E-state index in [0.29, 0.717) is 49.3 Å². The number of guanidine groups is 1. The Bertz CT molecular complexity index is 1430. The summed E-state index contributed by atoms with van der Waals surface area (Å²) in [6.45, 7) is 1.01. The number of nitrogens with two attached hydrogens (primary N) is 4. The van der Waals surface area contributed by atoms with Crippen LogP contribution in [0.25, 0.3) is 0 Å². The summed E-state index contributed by atoms with van der Waals surface area (Å²) in [5.41, 5.74) is 24.0. The van der Waals surface area contributed by atoms with Crippen molar-refractivity contribution in [2.45, 2.75) is 56.8 Å². The topological polar surface area (TPSA) is 230 Å². The number of hydrogen-bond acceptors (Lipinski definition) is 8. The standard InChI is InChI=1S/C32H42N8O5S/c33-16-5-4-9-25(39-30(43)26(10-6-17-37-32(35)36)38-29(42)23-15-18-46-20-23)31(44)40-27(28(34)41)22-11-13-24(14-12-22)45-19-21-7-2-1-3-8-21/h1-3,7-8,11-15,18,20,25-27H,4-6,9-10,16-17,19,33H2,(H2,34,41)(H,38,42)(H,39,43)(H,40,44)(H4,35,36,37)/t25-,26-,27+/m0/s1. The highest BCUT2D eigenvalue weighted by Gasteiger charge is 2.29. The zero-order valence-electron chi connectivity index (χ0n) is 25.5. The van der Waals surface area contributed by atoms with E-state index in [-0.39, 0.29) is 25.3 Å². The second-order valence-electron chi connectivity index (χ2n) is 10.5. The number of amides is 4. The third kappa shape index (κ3) is 11.9. The molecule has 3 rings (SSSR count). The Balaban J connectivity index is 1.71. The summed E-state index contributed by atoms with van der Waals surface area (Å²) < 4.78 is 5.82. The molecule has 13 nitrogen and oxygen atoms in total. The van der Waals surface area contributed by atoms with Crippen molar-refractivity contribution in [3.63, 3.8) is 0 Å². The van der Waals surface area contributed by atoms with Gasteiger partial charge in [0.15, 0.2) is 5.96 Å². The van der Waals surface area contributed by atoms with Crippen LogP contribution in [0.15, 0.2) is 76.4 Å². The van der Waals surface area contributed by atoms with Crippen molar-refractivity contribution in [3.8, 4) is 5.75 Å². The molecular formula is C32H42N8O5S. The van der Waals surface area contributed by atoms with Crippen LogP contribution in [0.4, 0.5) is 0 Å². The molecule has 0 unspecified atom stereocenters. The van der Waals surface area contributed by atoms with Crippen molar-refractivity contribution in [2.24, 2.45) is 27.9 Å². The highest BCUT2D eigenvalue weighted by Crippen LogP contribution is 2.20. The minimum absolute atomic E-state index is 0.0849. The number of nitrogens with one attached hydrogen (secondary N) is 3. The molecule has 0 radical (unpaired) electrons. The molecule has 0 saturated heterocycles. The van der Waals surface area contributed by atoms with E-state index in [1.165, 1.54) is 11.3 Å². The third-order valence-electron chi connectivity index (χ3n) is 6.96. The normalized spacial score (nSPS) is 12.6. The molecule has 14 heteroatoms. The van der Waals surface area contributed by atoms with E-state index in [1.807, 2.05) is 30.3 Å². The van der Waals surface area contributed by atoms with Gasteiger partial charge in [-0.15, -0.1) is 0 Å². The molecule has 1 aromatic heterocycles. The number of aliphatic imine (C=N–C) groups is 1. The Morgan fingerprint density at radius 3 is 2.11 bits per heavy atom. The summed E-state index contributed by atoms with van der Waals surface area (Å²) in [6.07, 6.45) is 1.98. The number of hydrogen-bond donors (Lipinski definition) is 7. The zero-order chi connectivity index (χ0) is 33.3. The zero-order valence-corrected chi connectivity index (χ0v) is 26.3. The molecule has 246 valence electrons. The Morgan fingerprint density at radius 2 is 1.48 bits per heavy atom. The molecule has 3 atom stereocenters. The van der Waals surface area contributed by atoms with Crippen molar-refractivity contribution in [1.82, 2.24) is 16.0 Å². The summed E-state index contributed by atoms with van der Waals surface area (Å²) in [7, 11) is 0. The predicted octanol–water partition coefficient (Wildman–Crippen LogP) is 1.44. The first-order chi connectivity index (χ1) is 22.2. The first kappa shape index (κ1) is 35.5. The number of carbonyl (C=O) groups is 4. The number of nitrogens with zero attached hydrogens (tertiary/aromatic N) is 1. The smallest absolute Gasteiger partial charge is 0.252 e. The number of carbonyl (C=O) groups excluding carboxylic acids is 4. The molecule has 0 aliphatic rings. The van der Waals surface area contributed by atoms with Crippen LogP contribution in [0.2, 0.25) is 0 Å². The van der Waals surface area contributed by atoms with Gasteiger partial charge in [0.1, 0.15) is 30.5 Å². The first-order valence-electron chi connectivity index (χ1n) is 14.9. The maximum Gasteiger partial charge on any atom is 0.252 e. The fraction of sp³-hybridized carbons (Fsp3) is 0.344. The molecule has 1 heterocycles. The van der Waals surface area contributed by atoms with Crippen molar-refractivity contribution < 1.29 is 23.9 Å². The molecule has 0 bridgehead atoms. The Morgan fingerprint density at radius 1 is 0.804 bits per heavy atom. The van der Waals surface area contributed by atoms with Gasteiger partial charge in [0.25, 0.3) is 5.91 Å². The summed E-state index contributed by atoms with van der Waals surface area (Å²) in [5, 5.41) is 11.6. The monoisotopic (exact) mass is 650 g/mol. The van der Waals surface area contributed by atoms with E-state index in [1.54, 1.807) is 41.1 Å². The SMILES string of the molecule is NCCCC[C@H](NC(=O)[C@H](CCCN=C(N)N)NC(=O)c1ccsc1)C(=O)N[C@@H](C(N)=O)c1ccc(OCc2ccccc2)cc1. The lowest BCUT2D eigenvalue weighted by molar-refractivity contribution is -0.132. The average molecular weight is 651 g/mol. The first-order valence-corrected chi connectivity index (χ1v) is 15.9. The van der Waals surface area contributed by atoms with E-state index in [0.717, 1.165) is 5.56 Å². The highest BCUT2D eigenvalue weighted by atomic mass is 32.1. The molecule has 2 aromatic carbocycles. The summed E-state index contributed by atoms with van der Waals surface area (Å²) >= 11 is 1.35. The van der Waals surface area contributed by atoms with Gasteiger partial charge in [-0.05, 0) is 73.4 Å². The average Bonchev–Trinajstić information content (AvgIpc) is 3.59. The van der Waals surface area contributed by atoms with Gasteiger partial charge in [-0.2, -0.15) is 11.3 Å². The van der Waals surface area contributed by atoms with Gasteiger partial charge in [0.2, 0.25) is 17.7 Å². The lowest BCUT2D eigenvalue weighted by Crippen LogP contribution is -2.54. The molecule has 4 amide bonds. The molecule has 46 heavy (non-hydrogen) atoms. The molecule has 0 spiro atoms. The Labute approximate surface area is 272 Å². The minimum atomic E-state index is -1.17. The van der Waals surface area contributed by atoms with E-state index in [9.17, 15) is 19.2 Å². The molecule has 11 N–H and O–H groups in total. The van der Waals surface area contributed by atoms with Crippen LogP contribution in [0.5, 0.6) is 5.75 Å². The summed E-state index contributed by atoms with van der Waals surface area (Å²) in [5.74, 6) is -1.90. The number of rotatable bonds is 19. The van der Waals surface area contributed by atoms with Crippen LogP contribution in [-0.2, 0) is 21.0 Å². The van der Waals surface area contributed by atoms with Crippen LogP contribution in [0.3, 0.4) is 0 Å². The largest absolute Gasteiger partial charge is 0.489 e. The summed E-state index contributed by atoms with van der Waals surface area (Å²) in [4.78, 5) is 56.2. The quantitative estimate of drug-likeness (QED) is 0.0569. The second-order valence-corrected chi connectivity index (χ2v) is 11.3. The Hall–Kier alpha value is -4.95. The fourth-order valence-corrected chi connectivity index (χ4v) is 5.14. The third-order valence-corrected chi connectivity index (χ3v) is 7.65. The molecular weight excluding hydrogens is 608 g/mol. The van der Waals surface area contributed by atoms with Gasteiger partial charge in [-0.3, -0.25) is 24.2 Å². The van der Waals surface area contributed by atoms with Crippen molar-refractivity contribution >= 4 is 40.9 Å². The van der Waals surface area contributed by atoms with Gasteiger partial charge >= 0.3 is 0 Å². The van der Waals surface area contributed by atoms with Gasteiger partial charge in [0.05, 0.1) is 5.56 Å². The Kier molecular flexibility index (Phi) is 14.5. The van der Waals surface area contributed by atoms with E-state index < -0.39 is 41.8 Å². The van der Waals surface area contributed by atoms with E-state index in [2.05, 4.69) is 20.9 Å². The lowest BCUT2D eigenvalue weighted by Gasteiger charge is -2.25. The van der Waals surface area contributed by atoms with Crippen LogP contribution in [0, 0.1) is 0 Å². The predicted molar refractivity (Wildman–Crippen MR) is 178 cm³/mol. The van der Waals surface area contributed by atoms with Crippen LogP contribution in [-0.4, -0.2) is 54.8 Å². The van der Waals surface area contributed by atoms with E-state index >= 15 is 0 Å². The molecule has 0 fully saturated rings. The summed E-state index contributed by atoms with van der Waals surface area (Å²) in [6, 6.07) is 14.8. The maximum absolute atomic E-state index is 13.5. The number of thiophene rings is 1. The number of ether oxygens (including phenoxy) is 1. The van der Waals surface area contributed by atoms with Crippen LogP contribution >= 0.6 is 11.3 Å². The highest BCUT2D eigenvalue weighted by molar-refractivity contribution is 7.08. The molecule has 0 aliphatic carbocycles. The van der Waals surface area contributed by atoms with Gasteiger partial charge < -0.3 is 43.6 Å². The maximum atomic E-state index is 13.5.